The topological polar surface area (TPSA) is 87.8 Å². The zero-order valence-electron chi connectivity index (χ0n) is 16.4. The first-order valence-corrected chi connectivity index (χ1v) is 11.7. The zero-order chi connectivity index (χ0) is 19.5. The van der Waals surface area contributed by atoms with E-state index in [4.69, 9.17) is 5.73 Å². The molecular formula is C21H30N4O2S. The number of carbonyl (C=O) groups is 1. The number of carbonyl (C=O) groups excluding carboxylic acids is 1. The van der Waals surface area contributed by atoms with E-state index in [-0.39, 0.29) is 5.92 Å². The number of nitrogens with two attached hydrogens (primary N) is 1. The first-order chi connectivity index (χ1) is 13.6. The SMILES string of the molecule is NC1=NS(=O)Nc2cccc(CC[C@H]3CCCN(C(=O)C4CCCCC4)C3)c21. The summed E-state index contributed by atoms with van der Waals surface area (Å²) in [6.07, 6.45) is 10.0. The summed E-state index contributed by atoms with van der Waals surface area (Å²) >= 11 is -1.49. The maximum absolute atomic E-state index is 12.9. The number of amides is 1. The van der Waals surface area contributed by atoms with E-state index in [0.29, 0.717) is 17.7 Å². The van der Waals surface area contributed by atoms with Gasteiger partial charge in [-0.2, -0.15) is 4.40 Å². The van der Waals surface area contributed by atoms with Gasteiger partial charge >= 0.3 is 0 Å². The van der Waals surface area contributed by atoms with Gasteiger partial charge in [0.25, 0.3) is 0 Å². The summed E-state index contributed by atoms with van der Waals surface area (Å²) in [5, 5.41) is 0. The van der Waals surface area contributed by atoms with Crippen LogP contribution in [0.3, 0.4) is 0 Å². The second-order valence-electron chi connectivity index (χ2n) is 8.33. The third kappa shape index (κ3) is 4.24. The molecule has 152 valence electrons. The number of fused-ring (bicyclic) bond motifs is 1. The maximum atomic E-state index is 12.9. The number of amidine groups is 1. The predicted octanol–water partition coefficient (Wildman–Crippen LogP) is 3.15. The number of hydrogen-bond acceptors (Lipinski definition) is 3. The Bertz CT molecular complexity index is 789. The van der Waals surface area contributed by atoms with E-state index in [2.05, 4.69) is 20.1 Å². The van der Waals surface area contributed by atoms with Crippen LogP contribution in [0.25, 0.3) is 0 Å². The van der Waals surface area contributed by atoms with Crippen molar-refractivity contribution in [2.75, 3.05) is 17.8 Å². The average Bonchev–Trinajstić information content (AvgIpc) is 2.72. The Morgan fingerprint density at radius 2 is 2.04 bits per heavy atom. The average molecular weight is 403 g/mol. The zero-order valence-corrected chi connectivity index (χ0v) is 17.2. The monoisotopic (exact) mass is 402 g/mol. The largest absolute Gasteiger partial charge is 0.382 e. The minimum absolute atomic E-state index is 0.261. The number of anilines is 1. The van der Waals surface area contributed by atoms with Crippen LogP contribution in [0.5, 0.6) is 0 Å². The Morgan fingerprint density at radius 1 is 1.21 bits per heavy atom. The minimum atomic E-state index is -1.49. The summed E-state index contributed by atoms with van der Waals surface area (Å²) in [6.45, 7) is 1.80. The fraction of sp³-hybridized carbons (Fsp3) is 0.619. The van der Waals surface area contributed by atoms with Crippen molar-refractivity contribution in [3.05, 3.63) is 29.3 Å². The molecule has 0 bridgehead atoms. The van der Waals surface area contributed by atoms with Crippen LogP contribution in [0.15, 0.2) is 22.6 Å². The van der Waals surface area contributed by atoms with Crippen LogP contribution in [0.2, 0.25) is 0 Å². The minimum Gasteiger partial charge on any atom is -0.382 e. The van der Waals surface area contributed by atoms with Gasteiger partial charge in [-0.1, -0.05) is 31.4 Å². The lowest BCUT2D eigenvalue weighted by atomic mass is 9.86. The van der Waals surface area contributed by atoms with E-state index in [9.17, 15) is 9.00 Å². The van der Waals surface area contributed by atoms with E-state index < -0.39 is 11.2 Å². The molecule has 1 saturated heterocycles. The highest BCUT2D eigenvalue weighted by atomic mass is 32.2. The number of benzene rings is 1. The van der Waals surface area contributed by atoms with Crippen molar-refractivity contribution in [3.8, 4) is 0 Å². The molecule has 1 saturated carbocycles. The van der Waals surface area contributed by atoms with E-state index in [1.807, 2.05) is 12.1 Å². The Labute approximate surface area is 169 Å². The molecule has 3 aliphatic rings. The molecule has 7 heteroatoms. The van der Waals surface area contributed by atoms with Gasteiger partial charge in [0.2, 0.25) is 17.1 Å². The molecule has 2 atom stereocenters. The summed E-state index contributed by atoms with van der Waals surface area (Å²) in [5.74, 6) is 1.53. The van der Waals surface area contributed by atoms with Gasteiger partial charge in [0.05, 0.1) is 5.69 Å². The van der Waals surface area contributed by atoms with Crippen LogP contribution in [-0.2, 0) is 22.4 Å². The van der Waals surface area contributed by atoms with Crippen LogP contribution in [0.1, 0.15) is 62.5 Å². The standard InChI is InChI=1S/C21H30N4O2S/c22-20-19-16(9-4-10-18(19)23-28(27)24-20)12-11-15-6-5-13-25(14-15)21(26)17-7-2-1-3-8-17/h4,9-10,15,17,23H,1-3,5-8,11-14H2,(H2,22,24)/t15-,28?/m1/s1. The van der Waals surface area contributed by atoms with Crippen LogP contribution >= 0.6 is 0 Å². The Kier molecular flexibility index (Phi) is 5.99. The van der Waals surface area contributed by atoms with Gasteiger partial charge in [-0.25, -0.2) is 4.21 Å². The van der Waals surface area contributed by atoms with Crippen molar-refractivity contribution < 1.29 is 9.00 Å². The molecule has 1 unspecified atom stereocenters. The van der Waals surface area contributed by atoms with E-state index in [1.165, 1.54) is 25.7 Å². The molecule has 1 aliphatic carbocycles. The second kappa shape index (κ2) is 8.64. The molecule has 2 aliphatic heterocycles. The summed E-state index contributed by atoms with van der Waals surface area (Å²) in [4.78, 5) is 15.0. The quantitative estimate of drug-likeness (QED) is 0.811. The van der Waals surface area contributed by atoms with Crippen molar-refractivity contribution in [2.45, 2.75) is 57.8 Å². The van der Waals surface area contributed by atoms with Crippen LogP contribution in [0, 0.1) is 11.8 Å². The van der Waals surface area contributed by atoms with Crippen LogP contribution in [-0.4, -0.2) is 33.9 Å². The Morgan fingerprint density at radius 3 is 2.86 bits per heavy atom. The van der Waals surface area contributed by atoms with Crippen LogP contribution < -0.4 is 10.5 Å². The highest BCUT2D eigenvalue weighted by Crippen LogP contribution is 2.30. The van der Waals surface area contributed by atoms with Gasteiger partial charge in [0.15, 0.2) is 0 Å². The molecule has 1 aromatic carbocycles. The molecule has 0 spiro atoms. The van der Waals surface area contributed by atoms with Crippen LogP contribution in [0.4, 0.5) is 5.69 Å². The fourth-order valence-corrected chi connectivity index (χ4v) is 5.59. The number of nitrogens with one attached hydrogen (secondary N) is 1. The van der Waals surface area contributed by atoms with Gasteiger partial charge in [-0.15, -0.1) is 0 Å². The number of likely N-dealkylation sites (tertiary alicyclic amines) is 1. The lowest BCUT2D eigenvalue weighted by Crippen LogP contribution is -2.43. The lowest BCUT2D eigenvalue weighted by molar-refractivity contribution is -0.138. The van der Waals surface area contributed by atoms with Gasteiger partial charge in [0, 0.05) is 24.6 Å². The highest BCUT2D eigenvalue weighted by molar-refractivity contribution is 7.85. The molecule has 6 nitrogen and oxygen atoms in total. The number of nitrogens with zero attached hydrogens (tertiary/aromatic N) is 2. The number of rotatable bonds is 4. The number of hydrogen-bond donors (Lipinski definition) is 2. The Balaban J connectivity index is 1.38. The molecule has 1 aromatic rings. The van der Waals surface area contributed by atoms with Crippen molar-refractivity contribution >= 4 is 28.6 Å². The van der Waals surface area contributed by atoms with Crippen molar-refractivity contribution in [2.24, 2.45) is 22.0 Å². The lowest BCUT2D eigenvalue weighted by Gasteiger charge is -2.36. The normalized spacial score (nSPS) is 25.6. The Hall–Kier alpha value is -1.89. The third-order valence-electron chi connectivity index (χ3n) is 6.39. The number of piperidine rings is 1. The molecule has 2 fully saturated rings. The molecule has 0 aromatic heterocycles. The third-order valence-corrected chi connectivity index (χ3v) is 7.15. The van der Waals surface area contributed by atoms with Crippen molar-refractivity contribution in [1.82, 2.24) is 4.90 Å². The molecule has 2 heterocycles. The van der Waals surface area contributed by atoms with Gasteiger partial charge in [0.1, 0.15) is 5.84 Å². The summed E-state index contributed by atoms with van der Waals surface area (Å²) < 4.78 is 18.5. The van der Waals surface area contributed by atoms with Crippen molar-refractivity contribution in [1.29, 1.82) is 0 Å². The first kappa shape index (κ1) is 19.4. The molecule has 4 rings (SSSR count). The summed E-state index contributed by atoms with van der Waals surface area (Å²) in [7, 11) is 0. The first-order valence-electron chi connectivity index (χ1n) is 10.6. The predicted molar refractivity (Wildman–Crippen MR) is 113 cm³/mol. The molecule has 28 heavy (non-hydrogen) atoms. The number of aryl methyl sites for hydroxylation is 1. The second-order valence-corrected chi connectivity index (χ2v) is 9.22. The highest BCUT2D eigenvalue weighted by Gasteiger charge is 2.30. The van der Waals surface area contributed by atoms with E-state index >= 15 is 0 Å². The smallest absolute Gasteiger partial charge is 0.244 e. The summed E-state index contributed by atoms with van der Waals surface area (Å²) in [6, 6.07) is 5.94. The molecule has 0 radical (unpaired) electrons. The van der Waals surface area contributed by atoms with Gasteiger partial charge in [-0.3, -0.25) is 9.52 Å². The van der Waals surface area contributed by atoms with E-state index in [0.717, 1.165) is 62.0 Å². The molecular weight excluding hydrogens is 372 g/mol. The van der Waals surface area contributed by atoms with Crippen molar-refractivity contribution in [3.63, 3.8) is 0 Å². The molecule has 1 amide bonds. The van der Waals surface area contributed by atoms with E-state index in [1.54, 1.807) is 0 Å². The maximum Gasteiger partial charge on any atom is 0.244 e. The summed E-state index contributed by atoms with van der Waals surface area (Å²) in [5.41, 5.74) is 8.87. The molecule has 3 N–H and O–H groups in total. The van der Waals surface area contributed by atoms with Gasteiger partial charge < -0.3 is 10.6 Å². The van der Waals surface area contributed by atoms with Gasteiger partial charge in [-0.05, 0) is 56.1 Å². The fourth-order valence-electron chi connectivity index (χ4n) is 4.92.